The molecule has 160 valence electrons. The molecule has 30 heavy (non-hydrogen) atoms. The van der Waals surface area contributed by atoms with Gasteiger partial charge in [0.2, 0.25) is 0 Å². The molecule has 7 nitrogen and oxygen atoms in total. The Morgan fingerprint density at radius 3 is 1.93 bits per heavy atom. The van der Waals surface area contributed by atoms with Crippen molar-refractivity contribution in [2.45, 2.75) is 11.8 Å². The standard InChI is InChI=1S/C21H23ClN2O5S/c1-14-4-5-15(12-18(14)29-2)20(25)23-8-10-24(11-9-23)21(26)16-6-7-17(22)19(13-16)30(3,27)28/h4-7,12-13H,8-11H2,1-3H3. The predicted octanol–water partition coefficient (Wildman–Crippen LogP) is 2.66. The number of nitrogens with zero attached hydrogens (tertiary/aromatic N) is 2. The van der Waals surface area contributed by atoms with Gasteiger partial charge in [0.25, 0.3) is 11.8 Å². The smallest absolute Gasteiger partial charge is 0.254 e. The Labute approximate surface area is 181 Å². The SMILES string of the molecule is COc1cc(C(=O)N2CCN(C(=O)c3ccc(Cl)c(S(C)(=O)=O)c3)CC2)ccc1C. The third-order valence-electron chi connectivity index (χ3n) is 5.09. The highest BCUT2D eigenvalue weighted by Gasteiger charge is 2.27. The lowest BCUT2D eigenvalue weighted by molar-refractivity contribution is 0.0535. The van der Waals surface area contributed by atoms with E-state index >= 15 is 0 Å². The molecule has 0 spiro atoms. The first-order valence-corrected chi connectivity index (χ1v) is 11.6. The van der Waals surface area contributed by atoms with Crippen molar-refractivity contribution in [3.8, 4) is 5.75 Å². The molecule has 1 fully saturated rings. The number of piperazine rings is 1. The van der Waals surface area contributed by atoms with Crippen LogP contribution in [0.3, 0.4) is 0 Å². The molecule has 0 N–H and O–H groups in total. The van der Waals surface area contributed by atoms with E-state index in [9.17, 15) is 18.0 Å². The molecule has 2 amide bonds. The number of ether oxygens (including phenoxy) is 1. The lowest BCUT2D eigenvalue weighted by atomic mass is 10.1. The minimum Gasteiger partial charge on any atom is -0.496 e. The van der Waals surface area contributed by atoms with Crippen LogP contribution < -0.4 is 4.74 Å². The van der Waals surface area contributed by atoms with Crippen molar-refractivity contribution in [1.82, 2.24) is 9.80 Å². The summed E-state index contributed by atoms with van der Waals surface area (Å²) < 4.78 is 29.0. The molecule has 2 aromatic carbocycles. The normalized spacial score (nSPS) is 14.5. The molecule has 2 aromatic rings. The van der Waals surface area contributed by atoms with Gasteiger partial charge in [0, 0.05) is 43.6 Å². The zero-order valence-corrected chi connectivity index (χ0v) is 18.6. The van der Waals surface area contributed by atoms with Crippen molar-refractivity contribution >= 4 is 33.3 Å². The molecule has 3 rings (SSSR count). The third-order valence-corrected chi connectivity index (χ3v) is 6.67. The Balaban J connectivity index is 1.70. The Kier molecular flexibility index (Phi) is 6.38. The van der Waals surface area contributed by atoms with E-state index in [0.717, 1.165) is 11.8 Å². The number of aryl methyl sites for hydroxylation is 1. The zero-order valence-electron chi connectivity index (χ0n) is 17.0. The van der Waals surface area contributed by atoms with Gasteiger partial charge in [0.1, 0.15) is 5.75 Å². The van der Waals surface area contributed by atoms with Gasteiger partial charge in [-0.3, -0.25) is 9.59 Å². The van der Waals surface area contributed by atoms with Gasteiger partial charge in [0.05, 0.1) is 17.0 Å². The summed E-state index contributed by atoms with van der Waals surface area (Å²) in [5.74, 6) is 0.242. The Morgan fingerprint density at radius 2 is 1.43 bits per heavy atom. The minimum atomic E-state index is -3.55. The van der Waals surface area contributed by atoms with E-state index in [1.165, 1.54) is 18.2 Å². The first-order chi connectivity index (χ1) is 14.1. The number of sulfone groups is 1. The van der Waals surface area contributed by atoms with Gasteiger partial charge in [-0.1, -0.05) is 17.7 Å². The van der Waals surface area contributed by atoms with Crippen LogP contribution >= 0.6 is 11.6 Å². The van der Waals surface area contributed by atoms with E-state index in [2.05, 4.69) is 0 Å². The summed E-state index contributed by atoms with van der Waals surface area (Å²) in [5, 5.41) is 0.0815. The van der Waals surface area contributed by atoms with Crippen LogP contribution in [0.15, 0.2) is 41.3 Å². The third kappa shape index (κ3) is 4.60. The maximum atomic E-state index is 12.8. The second-order valence-electron chi connectivity index (χ2n) is 7.19. The summed E-state index contributed by atoms with van der Waals surface area (Å²) >= 11 is 5.96. The van der Waals surface area contributed by atoms with E-state index < -0.39 is 9.84 Å². The quantitative estimate of drug-likeness (QED) is 0.715. The molecule has 0 radical (unpaired) electrons. The van der Waals surface area contributed by atoms with Crippen LogP contribution in [-0.2, 0) is 9.84 Å². The van der Waals surface area contributed by atoms with E-state index in [-0.39, 0.29) is 27.3 Å². The highest BCUT2D eigenvalue weighted by atomic mass is 35.5. The van der Waals surface area contributed by atoms with Gasteiger partial charge < -0.3 is 14.5 Å². The maximum absolute atomic E-state index is 12.8. The lowest BCUT2D eigenvalue weighted by Gasteiger charge is -2.35. The van der Waals surface area contributed by atoms with Crippen molar-refractivity contribution in [3.63, 3.8) is 0 Å². The van der Waals surface area contributed by atoms with Crippen LogP contribution in [0.4, 0.5) is 0 Å². The second kappa shape index (κ2) is 8.65. The van der Waals surface area contributed by atoms with Gasteiger partial charge in [-0.05, 0) is 42.8 Å². The fourth-order valence-electron chi connectivity index (χ4n) is 3.35. The summed E-state index contributed by atoms with van der Waals surface area (Å²) in [7, 11) is -1.98. The van der Waals surface area contributed by atoms with Gasteiger partial charge >= 0.3 is 0 Å². The Morgan fingerprint density at radius 1 is 0.933 bits per heavy atom. The van der Waals surface area contributed by atoms with Crippen LogP contribution in [0, 0.1) is 6.92 Å². The van der Waals surface area contributed by atoms with E-state index in [1.807, 2.05) is 13.0 Å². The van der Waals surface area contributed by atoms with Gasteiger partial charge in [-0.25, -0.2) is 8.42 Å². The van der Waals surface area contributed by atoms with Crippen molar-refractivity contribution in [2.24, 2.45) is 0 Å². The average molecular weight is 451 g/mol. The number of halogens is 1. The van der Waals surface area contributed by atoms with Crippen molar-refractivity contribution in [2.75, 3.05) is 39.5 Å². The molecular formula is C21H23ClN2O5S. The highest BCUT2D eigenvalue weighted by molar-refractivity contribution is 7.90. The van der Waals surface area contributed by atoms with Crippen LogP contribution in [0.2, 0.25) is 5.02 Å². The molecular weight excluding hydrogens is 428 g/mol. The molecule has 0 aliphatic carbocycles. The number of methoxy groups -OCH3 is 1. The summed E-state index contributed by atoms with van der Waals surface area (Å²) in [6.45, 7) is 3.37. The van der Waals surface area contributed by atoms with Crippen molar-refractivity contribution in [3.05, 3.63) is 58.1 Å². The second-order valence-corrected chi connectivity index (χ2v) is 9.58. The number of amides is 2. The molecule has 1 aliphatic rings. The largest absolute Gasteiger partial charge is 0.496 e. The van der Waals surface area contributed by atoms with Crippen LogP contribution in [0.1, 0.15) is 26.3 Å². The Bertz CT molecular complexity index is 1090. The number of carbonyl (C=O) groups excluding carboxylic acids is 2. The average Bonchev–Trinajstić information content (AvgIpc) is 2.72. The molecule has 1 heterocycles. The number of hydrogen-bond donors (Lipinski definition) is 0. The molecule has 0 atom stereocenters. The number of hydrogen-bond acceptors (Lipinski definition) is 5. The zero-order chi connectivity index (χ0) is 22.1. The molecule has 0 aromatic heterocycles. The minimum absolute atomic E-state index is 0.0721. The molecule has 0 unspecified atom stereocenters. The monoisotopic (exact) mass is 450 g/mol. The lowest BCUT2D eigenvalue weighted by Crippen LogP contribution is -2.50. The van der Waals surface area contributed by atoms with Crippen molar-refractivity contribution in [1.29, 1.82) is 0 Å². The number of rotatable bonds is 4. The predicted molar refractivity (Wildman–Crippen MR) is 114 cm³/mol. The van der Waals surface area contributed by atoms with Gasteiger partial charge in [-0.2, -0.15) is 0 Å². The summed E-state index contributed by atoms with van der Waals surface area (Å²) in [6.07, 6.45) is 1.05. The highest BCUT2D eigenvalue weighted by Crippen LogP contribution is 2.24. The molecule has 1 aliphatic heterocycles. The molecule has 9 heteroatoms. The first kappa shape index (κ1) is 22.1. The number of benzene rings is 2. The molecule has 1 saturated heterocycles. The fraction of sp³-hybridized carbons (Fsp3) is 0.333. The van der Waals surface area contributed by atoms with E-state index in [0.29, 0.717) is 37.5 Å². The topological polar surface area (TPSA) is 84.0 Å². The van der Waals surface area contributed by atoms with E-state index in [4.69, 9.17) is 16.3 Å². The summed E-state index contributed by atoms with van der Waals surface area (Å²) in [4.78, 5) is 28.9. The van der Waals surface area contributed by atoms with Crippen LogP contribution in [0.5, 0.6) is 5.75 Å². The fourth-order valence-corrected chi connectivity index (χ4v) is 4.65. The van der Waals surface area contributed by atoms with Crippen LogP contribution in [-0.4, -0.2) is 69.6 Å². The molecule has 0 saturated carbocycles. The van der Waals surface area contributed by atoms with E-state index in [1.54, 1.807) is 29.0 Å². The summed E-state index contributed by atoms with van der Waals surface area (Å²) in [6, 6.07) is 9.54. The maximum Gasteiger partial charge on any atom is 0.254 e. The first-order valence-electron chi connectivity index (χ1n) is 9.34. The molecule has 0 bridgehead atoms. The van der Waals surface area contributed by atoms with Crippen molar-refractivity contribution < 1.29 is 22.7 Å². The van der Waals surface area contributed by atoms with Gasteiger partial charge in [0.15, 0.2) is 9.84 Å². The van der Waals surface area contributed by atoms with Gasteiger partial charge in [-0.15, -0.1) is 0 Å². The Hall–Kier alpha value is -2.58. The summed E-state index contributed by atoms with van der Waals surface area (Å²) in [5.41, 5.74) is 1.73. The van der Waals surface area contributed by atoms with Crippen LogP contribution in [0.25, 0.3) is 0 Å². The number of carbonyl (C=O) groups is 2.